The van der Waals surface area contributed by atoms with Gasteiger partial charge in [-0.3, -0.25) is 19.8 Å². The highest BCUT2D eigenvalue weighted by atomic mass is 79.9. The Balaban J connectivity index is 2.06. The summed E-state index contributed by atoms with van der Waals surface area (Å²) < 4.78 is 19.4. The normalized spacial score (nSPS) is 15.8. The van der Waals surface area contributed by atoms with Crippen LogP contribution in [0.4, 0.5) is 10.1 Å². The lowest BCUT2D eigenvalue weighted by Crippen LogP contribution is -2.54. The third kappa shape index (κ3) is 3.90. The number of benzene rings is 2. The number of nitrogens with one attached hydrogen (secondary N) is 1. The molecule has 0 radical (unpaired) electrons. The Hall–Kier alpha value is -2.78. The van der Waals surface area contributed by atoms with Crippen LogP contribution in [-0.4, -0.2) is 28.6 Å². The number of hydrogen-bond donors (Lipinski definition) is 2. The van der Waals surface area contributed by atoms with Crippen molar-refractivity contribution in [2.45, 2.75) is 6.92 Å². The van der Waals surface area contributed by atoms with Crippen molar-refractivity contribution in [1.29, 1.82) is 0 Å². The fourth-order valence-corrected chi connectivity index (χ4v) is 3.33. The number of aromatic hydroxyl groups is 1. The molecule has 2 N–H and O–H groups in total. The molecule has 144 valence electrons. The van der Waals surface area contributed by atoms with Gasteiger partial charge >= 0.3 is 0 Å². The van der Waals surface area contributed by atoms with Gasteiger partial charge in [-0.2, -0.15) is 0 Å². The molecule has 0 aliphatic carbocycles. The average molecular weight is 465 g/mol. The van der Waals surface area contributed by atoms with Gasteiger partial charge in [0.25, 0.3) is 11.8 Å². The second kappa shape index (κ2) is 8.07. The van der Waals surface area contributed by atoms with Gasteiger partial charge in [0, 0.05) is 4.47 Å². The number of carbonyl (C=O) groups excluding carboxylic acids is 2. The summed E-state index contributed by atoms with van der Waals surface area (Å²) in [5, 5.41) is 12.2. The summed E-state index contributed by atoms with van der Waals surface area (Å²) in [6.45, 7) is 2.09. The molecule has 2 amide bonds. The van der Waals surface area contributed by atoms with E-state index in [4.69, 9.17) is 17.0 Å². The number of hydrogen-bond acceptors (Lipinski definition) is 5. The fourth-order valence-electron chi connectivity index (χ4n) is 2.60. The Morgan fingerprint density at radius 2 is 2.07 bits per heavy atom. The van der Waals surface area contributed by atoms with E-state index >= 15 is 0 Å². The summed E-state index contributed by atoms with van der Waals surface area (Å²) in [7, 11) is 0. The zero-order valence-electron chi connectivity index (χ0n) is 14.5. The molecule has 0 atom stereocenters. The van der Waals surface area contributed by atoms with Crippen molar-refractivity contribution in [2.24, 2.45) is 0 Å². The first-order valence-corrected chi connectivity index (χ1v) is 9.34. The van der Waals surface area contributed by atoms with Crippen molar-refractivity contribution in [3.8, 4) is 11.5 Å². The van der Waals surface area contributed by atoms with Gasteiger partial charge in [-0.15, -0.1) is 0 Å². The molecule has 1 aliphatic heterocycles. The number of carbonyl (C=O) groups is 2. The van der Waals surface area contributed by atoms with Crippen LogP contribution in [0, 0.1) is 5.82 Å². The maximum absolute atomic E-state index is 13.6. The summed E-state index contributed by atoms with van der Waals surface area (Å²) in [5.41, 5.74) is 0.430. The van der Waals surface area contributed by atoms with Gasteiger partial charge in [-0.1, -0.05) is 22.0 Å². The van der Waals surface area contributed by atoms with Crippen molar-refractivity contribution in [3.63, 3.8) is 0 Å². The van der Waals surface area contributed by atoms with Crippen LogP contribution in [0.25, 0.3) is 6.08 Å². The Morgan fingerprint density at radius 3 is 2.75 bits per heavy atom. The largest absolute Gasteiger partial charge is 0.504 e. The lowest BCUT2D eigenvalue weighted by atomic mass is 10.1. The van der Waals surface area contributed by atoms with Crippen molar-refractivity contribution >= 4 is 56.8 Å². The molecular formula is C19H14BrFN2O4S. The summed E-state index contributed by atoms with van der Waals surface area (Å²) in [4.78, 5) is 26.4. The summed E-state index contributed by atoms with van der Waals surface area (Å²) in [5.74, 6) is -1.80. The third-order valence-corrected chi connectivity index (χ3v) is 4.82. The molecule has 0 spiro atoms. The molecule has 1 saturated heterocycles. The SMILES string of the molecule is CCOc1cc(/C=C2\C(=O)NC(=S)N(c3cccc(F)c3)C2=O)c(Br)cc1O. The van der Waals surface area contributed by atoms with E-state index < -0.39 is 17.6 Å². The van der Waals surface area contributed by atoms with Crippen LogP contribution in [0.5, 0.6) is 11.5 Å². The lowest BCUT2D eigenvalue weighted by molar-refractivity contribution is -0.122. The molecule has 0 saturated carbocycles. The maximum Gasteiger partial charge on any atom is 0.270 e. The van der Waals surface area contributed by atoms with Gasteiger partial charge in [-0.05, 0) is 61.1 Å². The van der Waals surface area contributed by atoms with Crippen LogP contribution in [0.3, 0.4) is 0 Å². The molecule has 2 aromatic carbocycles. The Morgan fingerprint density at radius 1 is 1.32 bits per heavy atom. The average Bonchev–Trinajstić information content (AvgIpc) is 2.62. The van der Waals surface area contributed by atoms with Crippen molar-refractivity contribution in [2.75, 3.05) is 11.5 Å². The van der Waals surface area contributed by atoms with Crippen LogP contribution in [0.1, 0.15) is 12.5 Å². The molecule has 6 nitrogen and oxygen atoms in total. The quantitative estimate of drug-likeness (QED) is 0.411. The number of thiocarbonyl (C=S) groups is 1. The predicted molar refractivity (Wildman–Crippen MR) is 110 cm³/mol. The predicted octanol–water partition coefficient (Wildman–Crippen LogP) is 3.52. The number of halogens is 2. The molecule has 0 bridgehead atoms. The number of anilines is 1. The molecule has 1 aliphatic rings. The highest BCUT2D eigenvalue weighted by Gasteiger charge is 2.34. The highest BCUT2D eigenvalue weighted by molar-refractivity contribution is 9.10. The second-order valence-corrected chi connectivity index (χ2v) is 6.95. The molecule has 9 heteroatoms. The third-order valence-electron chi connectivity index (χ3n) is 3.85. The Kier molecular flexibility index (Phi) is 5.76. The van der Waals surface area contributed by atoms with E-state index in [9.17, 15) is 19.1 Å². The van der Waals surface area contributed by atoms with Crippen LogP contribution in [-0.2, 0) is 9.59 Å². The summed E-state index contributed by atoms with van der Waals surface area (Å²) >= 11 is 8.37. The minimum atomic E-state index is -0.697. The van der Waals surface area contributed by atoms with Crippen molar-refractivity contribution in [1.82, 2.24) is 5.32 Å². The van der Waals surface area contributed by atoms with Crippen LogP contribution in [0.2, 0.25) is 0 Å². The van der Waals surface area contributed by atoms with E-state index in [2.05, 4.69) is 21.2 Å². The van der Waals surface area contributed by atoms with E-state index in [1.54, 1.807) is 6.92 Å². The number of phenolic OH excluding ortho intramolecular Hbond substituents is 1. The van der Waals surface area contributed by atoms with E-state index in [1.807, 2.05) is 0 Å². The minimum Gasteiger partial charge on any atom is -0.504 e. The van der Waals surface area contributed by atoms with Crippen molar-refractivity contribution < 1.29 is 23.8 Å². The molecule has 3 rings (SSSR count). The van der Waals surface area contributed by atoms with Crippen molar-refractivity contribution in [3.05, 3.63) is 57.8 Å². The molecule has 1 heterocycles. The first-order valence-electron chi connectivity index (χ1n) is 8.14. The maximum atomic E-state index is 13.6. The van der Waals surface area contributed by atoms with E-state index in [0.29, 0.717) is 16.6 Å². The fraction of sp³-hybridized carbons (Fsp3) is 0.105. The van der Waals surface area contributed by atoms with Crippen LogP contribution in [0.15, 0.2) is 46.4 Å². The molecule has 0 unspecified atom stereocenters. The number of nitrogens with zero attached hydrogens (tertiary/aromatic N) is 1. The first kappa shape index (κ1) is 20.0. The monoisotopic (exact) mass is 464 g/mol. The smallest absolute Gasteiger partial charge is 0.270 e. The highest BCUT2D eigenvalue weighted by Crippen LogP contribution is 2.34. The molecule has 0 aromatic heterocycles. The number of ether oxygens (including phenoxy) is 1. The summed E-state index contributed by atoms with van der Waals surface area (Å²) in [6.07, 6.45) is 1.35. The number of amides is 2. The molecule has 2 aromatic rings. The van der Waals surface area contributed by atoms with Gasteiger partial charge in [0.05, 0.1) is 12.3 Å². The lowest BCUT2D eigenvalue weighted by Gasteiger charge is -2.29. The number of rotatable bonds is 4. The van der Waals surface area contributed by atoms with Gasteiger partial charge in [0.15, 0.2) is 16.6 Å². The standard InChI is InChI=1S/C19H14BrFN2O4S/c1-2-27-16-7-10(14(20)9-15(16)24)6-13-17(25)22-19(28)23(18(13)26)12-5-3-4-11(21)8-12/h3-9,24H,2H2,1H3,(H,22,25,28)/b13-6+. The Bertz CT molecular complexity index is 1020. The van der Waals surface area contributed by atoms with Gasteiger partial charge in [-0.25, -0.2) is 4.39 Å². The minimum absolute atomic E-state index is 0.0853. The van der Waals surface area contributed by atoms with Gasteiger partial charge < -0.3 is 9.84 Å². The Labute approximate surface area is 173 Å². The molecule has 28 heavy (non-hydrogen) atoms. The number of phenols is 1. The van der Waals surface area contributed by atoms with E-state index in [1.165, 1.54) is 36.4 Å². The zero-order valence-corrected chi connectivity index (χ0v) is 16.9. The topological polar surface area (TPSA) is 78.9 Å². The molecular weight excluding hydrogens is 451 g/mol. The second-order valence-electron chi connectivity index (χ2n) is 5.71. The van der Waals surface area contributed by atoms with E-state index in [0.717, 1.165) is 11.0 Å². The van der Waals surface area contributed by atoms with Crippen LogP contribution < -0.4 is 15.0 Å². The van der Waals surface area contributed by atoms with Gasteiger partial charge in [0.2, 0.25) is 0 Å². The van der Waals surface area contributed by atoms with Gasteiger partial charge in [0.1, 0.15) is 11.4 Å². The zero-order chi connectivity index (χ0) is 20.4. The first-order chi connectivity index (χ1) is 13.3. The van der Waals surface area contributed by atoms with Crippen LogP contribution >= 0.6 is 28.1 Å². The molecule has 1 fully saturated rings. The summed E-state index contributed by atoms with van der Waals surface area (Å²) in [6, 6.07) is 8.22. The van der Waals surface area contributed by atoms with E-state index in [-0.39, 0.29) is 27.9 Å².